The first kappa shape index (κ1) is 11.0. The highest BCUT2D eigenvalue weighted by atomic mass is 19.1. The fourth-order valence-electron chi connectivity index (χ4n) is 2.23. The third kappa shape index (κ3) is 1.78. The number of carbonyl (C=O) groups excluding carboxylic acids is 1. The van der Waals surface area contributed by atoms with E-state index in [2.05, 4.69) is 0 Å². The summed E-state index contributed by atoms with van der Waals surface area (Å²) in [6, 6.07) is 10.0. The molecule has 2 aromatic rings. The van der Waals surface area contributed by atoms with E-state index in [0.29, 0.717) is 17.9 Å². The number of aldehydes is 1. The average Bonchev–Trinajstić information content (AvgIpc) is 2.86. The van der Waals surface area contributed by atoms with Gasteiger partial charge in [-0.25, -0.2) is 4.39 Å². The molecular formula is C15H11FO2. The van der Waals surface area contributed by atoms with Gasteiger partial charge in [-0.3, -0.25) is 4.79 Å². The van der Waals surface area contributed by atoms with E-state index in [-0.39, 0.29) is 5.82 Å². The van der Waals surface area contributed by atoms with Crippen LogP contribution in [0.2, 0.25) is 0 Å². The van der Waals surface area contributed by atoms with Crippen LogP contribution in [0.3, 0.4) is 0 Å². The zero-order chi connectivity index (χ0) is 12.5. The molecule has 0 aliphatic carbocycles. The highest BCUT2D eigenvalue weighted by Crippen LogP contribution is 2.33. The Hall–Kier alpha value is -2.16. The third-order valence-electron chi connectivity index (χ3n) is 3.12. The Morgan fingerprint density at radius 3 is 2.61 bits per heavy atom. The zero-order valence-corrected chi connectivity index (χ0v) is 9.65. The summed E-state index contributed by atoms with van der Waals surface area (Å²) in [6.07, 6.45) is 1.61. The van der Waals surface area contributed by atoms with Crippen molar-refractivity contribution in [3.05, 3.63) is 53.3 Å². The van der Waals surface area contributed by atoms with E-state index in [1.165, 1.54) is 12.1 Å². The van der Waals surface area contributed by atoms with Crippen molar-refractivity contribution in [2.75, 3.05) is 6.61 Å². The number of hydrogen-bond acceptors (Lipinski definition) is 2. The highest BCUT2D eigenvalue weighted by molar-refractivity contribution is 5.84. The second kappa shape index (κ2) is 4.26. The Balaban J connectivity index is 2.13. The van der Waals surface area contributed by atoms with Gasteiger partial charge in [0.2, 0.25) is 0 Å². The average molecular weight is 242 g/mol. The molecule has 3 heteroatoms. The van der Waals surface area contributed by atoms with Crippen LogP contribution in [0.4, 0.5) is 4.39 Å². The van der Waals surface area contributed by atoms with Crippen LogP contribution in [-0.2, 0) is 6.42 Å². The Bertz CT molecular complexity index is 603. The van der Waals surface area contributed by atoms with Crippen LogP contribution >= 0.6 is 0 Å². The molecule has 0 spiro atoms. The van der Waals surface area contributed by atoms with Crippen molar-refractivity contribution >= 4 is 6.29 Å². The molecule has 0 atom stereocenters. The molecule has 0 radical (unpaired) electrons. The molecular weight excluding hydrogens is 231 g/mol. The van der Waals surface area contributed by atoms with Gasteiger partial charge in [-0.1, -0.05) is 12.1 Å². The number of carbonyl (C=O) groups is 1. The molecule has 0 saturated carbocycles. The fourth-order valence-corrected chi connectivity index (χ4v) is 2.23. The van der Waals surface area contributed by atoms with Gasteiger partial charge in [0.05, 0.1) is 12.2 Å². The largest absolute Gasteiger partial charge is 0.492 e. The van der Waals surface area contributed by atoms with Gasteiger partial charge in [-0.15, -0.1) is 0 Å². The van der Waals surface area contributed by atoms with Crippen molar-refractivity contribution in [1.29, 1.82) is 0 Å². The molecule has 18 heavy (non-hydrogen) atoms. The van der Waals surface area contributed by atoms with Crippen LogP contribution in [0.25, 0.3) is 11.1 Å². The summed E-state index contributed by atoms with van der Waals surface area (Å²) in [5.74, 6) is 0.426. The predicted octanol–water partition coefficient (Wildman–Crippen LogP) is 3.24. The number of hydrogen-bond donors (Lipinski definition) is 0. The van der Waals surface area contributed by atoms with Gasteiger partial charge in [-0.05, 0) is 41.0 Å². The topological polar surface area (TPSA) is 26.3 Å². The van der Waals surface area contributed by atoms with Crippen LogP contribution in [-0.4, -0.2) is 12.9 Å². The number of halogens is 1. The van der Waals surface area contributed by atoms with Crippen molar-refractivity contribution < 1.29 is 13.9 Å². The predicted molar refractivity (Wildman–Crippen MR) is 66.4 cm³/mol. The van der Waals surface area contributed by atoms with Crippen LogP contribution in [0.1, 0.15) is 15.9 Å². The molecule has 90 valence electrons. The standard InChI is InChI=1S/C15H11FO2/c16-14-3-1-10(2-4-14)12-7-11-5-6-18-15(11)13(8-12)9-17/h1-4,7-9H,5-6H2. The molecule has 0 saturated heterocycles. The van der Waals surface area contributed by atoms with E-state index in [0.717, 1.165) is 29.4 Å². The number of benzene rings is 2. The summed E-state index contributed by atoms with van der Waals surface area (Å²) < 4.78 is 18.3. The molecule has 0 N–H and O–H groups in total. The Morgan fingerprint density at radius 1 is 1.11 bits per heavy atom. The van der Waals surface area contributed by atoms with Gasteiger partial charge >= 0.3 is 0 Å². The first-order chi connectivity index (χ1) is 8.78. The van der Waals surface area contributed by atoms with Crippen LogP contribution in [0.15, 0.2) is 36.4 Å². The minimum atomic E-state index is -0.265. The molecule has 0 bridgehead atoms. The van der Waals surface area contributed by atoms with E-state index in [1.807, 2.05) is 6.07 Å². The van der Waals surface area contributed by atoms with E-state index in [1.54, 1.807) is 18.2 Å². The van der Waals surface area contributed by atoms with E-state index < -0.39 is 0 Å². The first-order valence-electron chi connectivity index (χ1n) is 5.79. The zero-order valence-electron chi connectivity index (χ0n) is 9.65. The second-order valence-corrected chi connectivity index (χ2v) is 4.28. The second-order valence-electron chi connectivity index (χ2n) is 4.28. The van der Waals surface area contributed by atoms with Crippen molar-refractivity contribution in [2.24, 2.45) is 0 Å². The van der Waals surface area contributed by atoms with Crippen molar-refractivity contribution in [3.8, 4) is 16.9 Å². The summed E-state index contributed by atoms with van der Waals surface area (Å²) >= 11 is 0. The molecule has 0 aromatic heterocycles. The SMILES string of the molecule is O=Cc1cc(-c2ccc(F)cc2)cc2c1OCC2. The number of fused-ring (bicyclic) bond motifs is 1. The minimum Gasteiger partial charge on any atom is -0.492 e. The van der Waals surface area contributed by atoms with E-state index in [9.17, 15) is 9.18 Å². The molecule has 2 nitrogen and oxygen atoms in total. The summed E-state index contributed by atoms with van der Waals surface area (Å²) in [7, 11) is 0. The van der Waals surface area contributed by atoms with Crippen molar-refractivity contribution in [3.63, 3.8) is 0 Å². The molecule has 0 fully saturated rings. The van der Waals surface area contributed by atoms with Crippen LogP contribution in [0, 0.1) is 5.82 Å². The summed E-state index contributed by atoms with van der Waals surface area (Å²) in [4.78, 5) is 11.1. The van der Waals surface area contributed by atoms with Gasteiger partial charge in [-0.2, -0.15) is 0 Å². The van der Waals surface area contributed by atoms with Crippen molar-refractivity contribution in [2.45, 2.75) is 6.42 Å². The molecule has 1 aliphatic heterocycles. The lowest BCUT2D eigenvalue weighted by atomic mass is 9.99. The highest BCUT2D eigenvalue weighted by Gasteiger charge is 2.17. The maximum Gasteiger partial charge on any atom is 0.153 e. The summed E-state index contributed by atoms with van der Waals surface area (Å²) in [6.45, 7) is 0.614. The van der Waals surface area contributed by atoms with Gasteiger partial charge in [0.1, 0.15) is 11.6 Å². The van der Waals surface area contributed by atoms with Gasteiger partial charge in [0.25, 0.3) is 0 Å². The molecule has 2 aromatic carbocycles. The Kier molecular flexibility index (Phi) is 2.59. The van der Waals surface area contributed by atoms with E-state index >= 15 is 0 Å². The fraction of sp³-hybridized carbons (Fsp3) is 0.133. The molecule has 0 amide bonds. The molecule has 0 unspecified atom stereocenters. The first-order valence-corrected chi connectivity index (χ1v) is 5.79. The monoisotopic (exact) mass is 242 g/mol. The normalized spacial score (nSPS) is 12.9. The summed E-state index contributed by atoms with van der Waals surface area (Å²) in [5.41, 5.74) is 3.42. The maximum absolute atomic E-state index is 12.9. The molecule has 3 rings (SSSR count). The van der Waals surface area contributed by atoms with E-state index in [4.69, 9.17) is 4.74 Å². The van der Waals surface area contributed by atoms with Gasteiger partial charge < -0.3 is 4.74 Å². The third-order valence-corrected chi connectivity index (χ3v) is 3.12. The molecule has 1 aliphatic rings. The van der Waals surface area contributed by atoms with Gasteiger partial charge in [0, 0.05) is 6.42 Å². The number of ether oxygens (including phenoxy) is 1. The quantitative estimate of drug-likeness (QED) is 0.756. The molecule has 1 heterocycles. The lowest BCUT2D eigenvalue weighted by Crippen LogP contribution is -1.91. The minimum absolute atomic E-state index is 0.265. The smallest absolute Gasteiger partial charge is 0.153 e. The van der Waals surface area contributed by atoms with Gasteiger partial charge in [0.15, 0.2) is 6.29 Å². The lowest BCUT2D eigenvalue weighted by molar-refractivity contribution is 0.112. The number of rotatable bonds is 2. The Labute approximate surface area is 104 Å². The summed E-state index contributed by atoms with van der Waals surface area (Å²) in [5, 5.41) is 0. The van der Waals surface area contributed by atoms with Crippen LogP contribution < -0.4 is 4.74 Å². The Morgan fingerprint density at radius 2 is 1.89 bits per heavy atom. The lowest BCUT2D eigenvalue weighted by Gasteiger charge is -2.07. The van der Waals surface area contributed by atoms with Crippen molar-refractivity contribution in [1.82, 2.24) is 0 Å². The van der Waals surface area contributed by atoms with Crippen LogP contribution in [0.5, 0.6) is 5.75 Å². The maximum atomic E-state index is 12.9.